The first kappa shape index (κ1) is 21.9. The number of ether oxygens (including phenoxy) is 1. The minimum Gasteiger partial charge on any atom is -0.488 e. The van der Waals surface area contributed by atoms with Crippen molar-refractivity contribution in [1.82, 2.24) is 10.6 Å². The van der Waals surface area contributed by atoms with E-state index < -0.39 is 29.5 Å². The van der Waals surface area contributed by atoms with Crippen molar-refractivity contribution in [1.29, 1.82) is 0 Å². The number of amides is 2. The zero-order valence-electron chi connectivity index (χ0n) is 16.5. The van der Waals surface area contributed by atoms with Gasteiger partial charge in [0.05, 0.1) is 5.56 Å². The van der Waals surface area contributed by atoms with Gasteiger partial charge < -0.3 is 15.4 Å². The van der Waals surface area contributed by atoms with Crippen LogP contribution in [-0.2, 0) is 11.4 Å². The number of nitrogens with one attached hydrogen (secondary N) is 2. The lowest BCUT2D eigenvalue weighted by Gasteiger charge is -2.19. The van der Waals surface area contributed by atoms with Crippen molar-refractivity contribution < 1.29 is 27.5 Å². The van der Waals surface area contributed by atoms with Gasteiger partial charge in [-0.3, -0.25) is 9.59 Å². The number of benzene rings is 3. The van der Waals surface area contributed by atoms with Crippen LogP contribution in [0.2, 0.25) is 0 Å². The van der Waals surface area contributed by atoms with Gasteiger partial charge in [0.1, 0.15) is 24.2 Å². The van der Waals surface area contributed by atoms with Crippen LogP contribution in [0, 0.1) is 17.5 Å². The molecular formula is C23H19F3N2O3. The van der Waals surface area contributed by atoms with E-state index in [1.165, 1.54) is 31.3 Å². The van der Waals surface area contributed by atoms with Gasteiger partial charge in [0, 0.05) is 7.05 Å². The molecular weight excluding hydrogens is 409 g/mol. The molecule has 0 fully saturated rings. The Morgan fingerprint density at radius 2 is 1.65 bits per heavy atom. The second kappa shape index (κ2) is 9.80. The fourth-order valence-electron chi connectivity index (χ4n) is 2.87. The Kier molecular flexibility index (Phi) is 6.92. The van der Waals surface area contributed by atoms with Crippen LogP contribution in [0.4, 0.5) is 13.2 Å². The van der Waals surface area contributed by atoms with Gasteiger partial charge in [0.2, 0.25) is 5.91 Å². The lowest BCUT2D eigenvalue weighted by molar-refractivity contribution is -0.122. The summed E-state index contributed by atoms with van der Waals surface area (Å²) in [5, 5.41) is 4.91. The van der Waals surface area contributed by atoms with Gasteiger partial charge in [0.15, 0.2) is 11.6 Å². The molecule has 3 rings (SSSR count). The lowest BCUT2D eigenvalue weighted by Crippen LogP contribution is -2.39. The van der Waals surface area contributed by atoms with Crippen LogP contribution >= 0.6 is 0 Å². The lowest BCUT2D eigenvalue weighted by atomic mass is 10.0. The van der Waals surface area contributed by atoms with Crippen LogP contribution in [-0.4, -0.2) is 18.9 Å². The van der Waals surface area contributed by atoms with Gasteiger partial charge in [0.25, 0.3) is 5.91 Å². The maximum atomic E-state index is 13.7. The van der Waals surface area contributed by atoms with Gasteiger partial charge in [-0.05, 0) is 47.5 Å². The molecule has 8 heteroatoms. The van der Waals surface area contributed by atoms with Crippen LogP contribution in [0.1, 0.15) is 27.5 Å². The first-order valence-corrected chi connectivity index (χ1v) is 9.32. The molecule has 31 heavy (non-hydrogen) atoms. The number of likely N-dealkylation sites (N-methyl/N-ethyl adjacent to an activating group) is 1. The van der Waals surface area contributed by atoms with E-state index in [2.05, 4.69) is 10.6 Å². The summed E-state index contributed by atoms with van der Waals surface area (Å²) < 4.78 is 45.7. The van der Waals surface area contributed by atoms with Crippen molar-refractivity contribution in [3.05, 3.63) is 101 Å². The van der Waals surface area contributed by atoms with E-state index in [0.717, 1.165) is 12.1 Å². The van der Waals surface area contributed by atoms with Crippen molar-refractivity contribution in [2.45, 2.75) is 12.6 Å². The van der Waals surface area contributed by atoms with Crippen molar-refractivity contribution in [3.8, 4) is 5.75 Å². The maximum absolute atomic E-state index is 13.7. The third-order valence-electron chi connectivity index (χ3n) is 4.50. The van der Waals surface area contributed by atoms with E-state index in [1.807, 2.05) is 0 Å². The number of halogens is 3. The third-order valence-corrected chi connectivity index (χ3v) is 4.50. The van der Waals surface area contributed by atoms with Gasteiger partial charge >= 0.3 is 0 Å². The van der Waals surface area contributed by atoms with Crippen LogP contribution in [0.5, 0.6) is 5.75 Å². The average Bonchev–Trinajstić information content (AvgIpc) is 2.78. The Hall–Kier alpha value is -3.81. The molecule has 2 N–H and O–H groups in total. The molecule has 160 valence electrons. The Bertz CT molecular complexity index is 1090. The highest BCUT2D eigenvalue weighted by atomic mass is 19.2. The number of para-hydroxylation sites is 1. The molecule has 0 aliphatic carbocycles. The Morgan fingerprint density at radius 1 is 0.935 bits per heavy atom. The highest BCUT2D eigenvalue weighted by molar-refractivity contribution is 5.99. The molecule has 2 amide bonds. The molecule has 5 nitrogen and oxygen atoms in total. The van der Waals surface area contributed by atoms with Crippen molar-refractivity contribution in [2.24, 2.45) is 0 Å². The molecule has 0 spiro atoms. The highest BCUT2D eigenvalue weighted by Gasteiger charge is 2.25. The summed E-state index contributed by atoms with van der Waals surface area (Å²) in [6.07, 6.45) is 0. The number of hydrogen-bond donors (Lipinski definition) is 2. The predicted molar refractivity (Wildman–Crippen MR) is 108 cm³/mol. The summed E-state index contributed by atoms with van der Waals surface area (Å²) in [7, 11) is 1.36. The molecule has 0 heterocycles. The van der Waals surface area contributed by atoms with Gasteiger partial charge in [-0.2, -0.15) is 0 Å². The number of rotatable bonds is 7. The van der Waals surface area contributed by atoms with E-state index in [0.29, 0.717) is 5.56 Å². The minimum absolute atomic E-state index is 0.0799. The van der Waals surface area contributed by atoms with E-state index in [-0.39, 0.29) is 29.3 Å². The molecule has 3 aromatic rings. The normalized spacial score (nSPS) is 11.5. The molecule has 1 atom stereocenters. The van der Waals surface area contributed by atoms with Crippen molar-refractivity contribution >= 4 is 11.8 Å². The fraction of sp³-hybridized carbons (Fsp3) is 0.130. The Labute approximate surface area is 176 Å². The molecule has 0 aliphatic heterocycles. The van der Waals surface area contributed by atoms with Crippen LogP contribution in [0.25, 0.3) is 0 Å². The quantitative estimate of drug-likeness (QED) is 0.600. The molecule has 0 saturated carbocycles. The molecule has 0 saturated heterocycles. The molecule has 0 radical (unpaired) electrons. The summed E-state index contributed by atoms with van der Waals surface area (Å²) in [4.78, 5) is 25.2. The predicted octanol–water partition coefficient (Wildman–Crippen LogP) is 3.90. The SMILES string of the molecule is CNC(=O)C(NC(=O)c1ccccc1OCc1ccc(F)cc1)c1ccc(F)c(F)c1. The zero-order valence-corrected chi connectivity index (χ0v) is 16.5. The largest absolute Gasteiger partial charge is 0.488 e. The maximum Gasteiger partial charge on any atom is 0.255 e. The minimum atomic E-state index is -1.25. The average molecular weight is 428 g/mol. The van der Waals surface area contributed by atoms with E-state index in [9.17, 15) is 22.8 Å². The zero-order chi connectivity index (χ0) is 22.4. The molecule has 0 aliphatic rings. The van der Waals surface area contributed by atoms with Crippen LogP contribution in [0.15, 0.2) is 66.7 Å². The molecule has 3 aromatic carbocycles. The van der Waals surface area contributed by atoms with Crippen LogP contribution < -0.4 is 15.4 Å². The first-order chi connectivity index (χ1) is 14.9. The highest BCUT2D eigenvalue weighted by Crippen LogP contribution is 2.22. The monoisotopic (exact) mass is 428 g/mol. The number of carbonyl (C=O) groups excluding carboxylic acids is 2. The van der Waals surface area contributed by atoms with E-state index >= 15 is 0 Å². The Morgan fingerprint density at radius 3 is 2.32 bits per heavy atom. The molecule has 0 bridgehead atoms. The topological polar surface area (TPSA) is 67.4 Å². The van der Waals surface area contributed by atoms with Gasteiger partial charge in [-0.15, -0.1) is 0 Å². The number of hydrogen-bond acceptors (Lipinski definition) is 3. The Balaban J connectivity index is 1.81. The first-order valence-electron chi connectivity index (χ1n) is 9.32. The van der Waals surface area contributed by atoms with Crippen molar-refractivity contribution in [3.63, 3.8) is 0 Å². The summed E-state index contributed by atoms with van der Waals surface area (Å²) in [6, 6.07) is 13.8. The fourth-order valence-corrected chi connectivity index (χ4v) is 2.87. The van der Waals surface area contributed by atoms with E-state index in [4.69, 9.17) is 4.74 Å². The van der Waals surface area contributed by atoms with Gasteiger partial charge in [-0.25, -0.2) is 13.2 Å². The standard InChI is InChI=1S/C23H19F3N2O3/c1-27-23(30)21(15-8-11-18(25)19(26)12-15)28-22(29)17-4-2-3-5-20(17)31-13-14-6-9-16(24)10-7-14/h2-12,21H,13H2,1H3,(H,27,30)(H,28,29). The third kappa shape index (κ3) is 5.42. The smallest absolute Gasteiger partial charge is 0.255 e. The number of carbonyl (C=O) groups is 2. The second-order valence-corrected chi connectivity index (χ2v) is 6.61. The summed E-state index contributed by atoms with van der Waals surface area (Å²) in [5.74, 6) is -3.59. The summed E-state index contributed by atoms with van der Waals surface area (Å²) in [6.45, 7) is 0.0899. The van der Waals surface area contributed by atoms with E-state index in [1.54, 1.807) is 30.3 Å². The summed E-state index contributed by atoms with van der Waals surface area (Å²) in [5.41, 5.74) is 0.916. The summed E-state index contributed by atoms with van der Waals surface area (Å²) >= 11 is 0. The molecule has 1 unspecified atom stereocenters. The van der Waals surface area contributed by atoms with Crippen molar-refractivity contribution in [2.75, 3.05) is 7.05 Å². The molecule has 0 aromatic heterocycles. The van der Waals surface area contributed by atoms with Gasteiger partial charge in [-0.1, -0.05) is 30.3 Å². The second-order valence-electron chi connectivity index (χ2n) is 6.61. The van der Waals surface area contributed by atoms with Crippen LogP contribution in [0.3, 0.4) is 0 Å².